The van der Waals surface area contributed by atoms with E-state index in [1.54, 1.807) is 0 Å². The quantitative estimate of drug-likeness (QED) is 0.349. The molecule has 0 aliphatic carbocycles. The summed E-state index contributed by atoms with van der Waals surface area (Å²) < 4.78 is 83.0. The van der Waals surface area contributed by atoms with Gasteiger partial charge in [0.15, 0.2) is 0 Å². The predicted octanol–water partition coefficient (Wildman–Crippen LogP) is 5.13. The van der Waals surface area contributed by atoms with Crippen LogP contribution in [0.4, 0.5) is 32.2 Å². The fourth-order valence-electron chi connectivity index (χ4n) is 2.09. The van der Waals surface area contributed by atoms with E-state index in [4.69, 9.17) is 4.74 Å². The third-order valence-electron chi connectivity index (χ3n) is 3.15. The first-order chi connectivity index (χ1) is 12.0. The van der Waals surface area contributed by atoms with Crippen molar-refractivity contribution in [1.82, 2.24) is 9.38 Å². The Kier molecular flexibility index (Phi) is 4.05. The van der Waals surface area contributed by atoms with E-state index in [2.05, 4.69) is 4.98 Å². The Morgan fingerprint density at radius 1 is 1.08 bits per heavy atom. The number of alkyl halides is 6. The van der Waals surface area contributed by atoms with Crippen molar-refractivity contribution in [2.24, 2.45) is 0 Å². The molecule has 0 unspecified atom stereocenters. The Balaban J connectivity index is 2.11. The maximum absolute atomic E-state index is 12.9. The number of benzene rings is 1. The Labute approximate surface area is 143 Å². The molecule has 138 valence electrons. The molecule has 0 radical (unpaired) electrons. The van der Waals surface area contributed by atoms with Crippen LogP contribution in [0.25, 0.3) is 4.96 Å². The number of fused-ring (bicyclic) bond motifs is 1. The number of halogens is 6. The molecule has 0 aliphatic heterocycles. The van der Waals surface area contributed by atoms with Gasteiger partial charge >= 0.3 is 24.1 Å². The second kappa shape index (κ2) is 5.86. The number of thiazole rings is 1. The first-order valence-corrected chi connectivity index (χ1v) is 7.42. The molecule has 3 aromatic rings. The molecule has 13 heteroatoms. The van der Waals surface area contributed by atoms with Crippen LogP contribution in [0.5, 0.6) is 11.6 Å². The molecule has 2 aromatic heterocycles. The van der Waals surface area contributed by atoms with Crippen molar-refractivity contribution in [3.05, 3.63) is 51.0 Å². The van der Waals surface area contributed by atoms with E-state index in [-0.39, 0.29) is 11.0 Å². The molecule has 26 heavy (non-hydrogen) atoms. The van der Waals surface area contributed by atoms with E-state index in [1.807, 2.05) is 0 Å². The summed E-state index contributed by atoms with van der Waals surface area (Å²) in [7, 11) is 0. The van der Waals surface area contributed by atoms with Gasteiger partial charge in [0.05, 0.1) is 11.1 Å². The third kappa shape index (κ3) is 3.29. The van der Waals surface area contributed by atoms with Gasteiger partial charge in [-0.05, 0) is 23.1 Å². The van der Waals surface area contributed by atoms with E-state index < -0.39 is 45.9 Å². The zero-order valence-corrected chi connectivity index (χ0v) is 12.9. The highest BCUT2D eigenvalue weighted by molar-refractivity contribution is 7.15. The van der Waals surface area contributed by atoms with E-state index in [1.165, 1.54) is 11.6 Å². The van der Waals surface area contributed by atoms with E-state index in [0.29, 0.717) is 12.1 Å². The lowest BCUT2D eigenvalue weighted by atomic mass is 10.1. The number of rotatable bonds is 3. The van der Waals surface area contributed by atoms with E-state index >= 15 is 0 Å². The highest BCUT2D eigenvalue weighted by atomic mass is 32.1. The zero-order valence-electron chi connectivity index (χ0n) is 12.1. The normalized spacial score (nSPS) is 12.5. The van der Waals surface area contributed by atoms with Crippen LogP contribution in [0.2, 0.25) is 0 Å². The maximum Gasteiger partial charge on any atom is 0.416 e. The summed E-state index contributed by atoms with van der Waals surface area (Å²) in [6.45, 7) is 0. The largest absolute Gasteiger partial charge is 0.432 e. The fraction of sp³-hybridized carbons (Fsp3) is 0.154. The average molecular weight is 397 g/mol. The van der Waals surface area contributed by atoms with Gasteiger partial charge in [-0.2, -0.15) is 35.7 Å². The number of nitrogens with zero attached hydrogens (tertiary/aromatic N) is 3. The van der Waals surface area contributed by atoms with E-state index in [0.717, 1.165) is 15.7 Å². The molecule has 0 spiro atoms. The molecule has 6 nitrogen and oxygen atoms in total. The van der Waals surface area contributed by atoms with Gasteiger partial charge in [-0.15, -0.1) is 0 Å². The van der Waals surface area contributed by atoms with Crippen molar-refractivity contribution in [3.8, 4) is 11.6 Å². The van der Waals surface area contributed by atoms with Crippen molar-refractivity contribution in [2.45, 2.75) is 12.4 Å². The lowest BCUT2D eigenvalue weighted by Crippen LogP contribution is -2.11. The number of aromatic nitrogens is 2. The summed E-state index contributed by atoms with van der Waals surface area (Å²) in [6.07, 6.45) is -8.87. The highest BCUT2D eigenvalue weighted by Gasteiger charge is 2.37. The smallest absolute Gasteiger partial charge is 0.416 e. The molecule has 1 aromatic carbocycles. The van der Waals surface area contributed by atoms with Crippen molar-refractivity contribution in [1.29, 1.82) is 0 Å². The van der Waals surface area contributed by atoms with Gasteiger partial charge < -0.3 is 14.9 Å². The van der Waals surface area contributed by atoms with Gasteiger partial charge in [0.2, 0.25) is 0 Å². The van der Waals surface area contributed by atoms with Crippen LogP contribution >= 0.6 is 11.3 Å². The van der Waals surface area contributed by atoms with Crippen molar-refractivity contribution >= 4 is 22.1 Å². The molecule has 0 bridgehead atoms. The summed E-state index contributed by atoms with van der Waals surface area (Å²) in [5.41, 5.74) is -3.21. The van der Waals surface area contributed by atoms with Gasteiger partial charge in [-0.3, -0.25) is 0 Å². The number of nitro groups is 1. The molecule has 2 heterocycles. The van der Waals surface area contributed by atoms with Gasteiger partial charge in [0.25, 0.3) is 4.96 Å². The second-order valence-electron chi connectivity index (χ2n) is 4.90. The number of hydrogen-bond donors (Lipinski definition) is 0. The number of ether oxygens (including phenoxy) is 1. The summed E-state index contributed by atoms with van der Waals surface area (Å²) in [6, 6.07) is 0.547. The second-order valence-corrected chi connectivity index (χ2v) is 5.77. The first-order valence-electron chi connectivity index (χ1n) is 6.54. The molecule has 0 atom stereocenters. The molecule has 0 saturated carbocycles. The van der Waals surface area contributed by atoms with Crippen LogP contribution in [-0.4, -0.2) is 14.3 Å². The van der Waals surface area contributed by atoms with Gasteiger partial charge in [0.1, 0.15) is 11.9 Å². The minimum Gasteiger partial charge on any atom is -0.432 e. The molecular formula is C13H5F6N3O3S. The molecule has 0 amide bonds. The summed E-state index contributed by atoms with van der Waals surface area (Å²) in [5, 5.41) is 12.6. The maximum atomic E-state index is 12.9. The van der Waals surface area contributed by atoms with Crippen molar-refractivity contribution in [2.75, 3.05) is 0 Å². The summed E-state index contributed by atoms with van der Waals surface area (Å²) in [4.78, 5) is 14.1. The molecule has 0 saturated heterocycles. The topological polar surface area (TPSA) is 69.7 Å². The minimum atomic E-state index is -5.07. The van der Waals surface area contributed by atoms with Gasteiger partial charge in [-0.25, -0.2) is 0 Å². The van der Waals surface area contributed by atoms with Crippen molar-refractivity contribution in [3.63, 3.8) is 0 Å². The lowest BCUT2D eigenvalue weighted by Gasteiger charge is -2.13. The van der Waals surface area contributed by atoms with Crippen LogP contribution in [0.1, 0.15) is 11.1 Å². The molecule has 0 fully saturated rings. The zero-order chi connectivity index (χ0) is 19.3. The highest BCUT2D eigenvalue weighted by Crippen LogP contribution is 2.40. The van der Waals surface area contributed by atoms with Crippen molar-refractivity contribution < 1.29 is 36.0 Å². The summed E-state index contributed by atoms with van der Waals surface area (Å²) >= 11 is 0.973. The predicted molar refractivity (Wildman–Crippen MR) is 76.2 cm³/mol. The monoisotopic (exact) mass is 397 g/mol. The third-order valence-corrected chi connectivity index (χ3v) is 3.91. The average Bonchev–Trinajstić information content (AvgIpc) is 3.04. The fourth-order valence-corrected chi connectivity index (χ4v) is 2.79. The number of imidazole rings is 1. The Hall–Kier alpha value is -2.83. The van der Waals surface area contributed by atoms with Crippen LogP contribution in [0, 0.1) is 10.1 Å². The van der Waals surface area contributed by atoms with Gasteiger partial charge in [0, 0.05) is 5.38 Å². The van der Waals surface area contributed by atoms with Crippen LogP contribution in [0.3, 0.4) is 0 Å². The molecule has 3 rings (SSSR count). The molecular weight excluding hydrogens is 392 g/mol. The molecule has 0 aliphatic rings. The Morgan fingerprint density at radius 3 is 2.15 bits per heavy atom. The van der Waals surface area contributed by atoms with E-state index in [9.17, 15) is 36.5 Å². The lowest BCUT2D eigenvalue weighted by molar-refractivity contribution is -0.391. The summed E-state index contributed by atoms with van der Waals surface area (Å²) in [5.74, 6) is -2.30. The van der Waals surface area contributed by atoms with Crippen LogP contribution in [0.15, 0.2) is 29.8 Å². The van der Waals surface area contributed by atoms with Crippen LogP contribution < -0.4 is 4.74 Å². The first kappa shape index (κ1) is 18.0. The molecule has 0 N–H and O–H groups in total. The minimum absolute atomic E-state index is 0.0764. The van der Waals surface area contributed by atoms with Gasteiger partial charge in [-0.1, -0.05) is 11.3 Å². The Bertz CT molecular complexity index is 959. The number of hydrogen-bond acceptors (Lipinski definition) is 5. The SMILES string of the molecule is O=[N+]([O-])c1c(Oc2cc(C(F)(F)F)cc(C(F)(F)F)c2)nc2sccn12. The van der Waals surface area contributed by atoms with Crippen LogP contribution in [-0.2, 0) is 12.4 Å². The standard InChI is InChI=1S/C13H5F6N3O3S/c14-12(15,16)6-3-7(13(17,18)19)5-8(4-6)25-9-10(22(23)24)21-1-2-26-11(21)20-9/h1-5H. The Morgan fingerprint density at radius 2 is 1.65 bits per heavy atom.